The number of hydrogen-bond donors (Lipinski definition) is 1. The molecule has 0 bridgehead atoms. The monoisotopic (exact) mass is 337 g/mol. The van der Waals surface area contributed by atoms with Crippen molar-refractivity contribution in [1.82, 2.24) is 19.7 Å². The van der Waals surface area contributed by atoms with Gasteiger partial charge in [-0.15, -0.1) is 0 Å². The van der Waals surface area contributed by atoms with Crippen molar-refractivity contribution in [2.75, 3.05) is 25.0 Å². The smallest absolute Gasteiger partial charge is 0.222 e. The molecule has 4 rings (SSSR count). The van der Waals surface area contributed by atoms with Gasteiger partial charge in [-0.2, -0.15) is 5.10 Å². The average Bonchev–Trinajstić information content (AvgIpc) is 3.14. The molecule has 1 aliphatic heterocycles. The topological polar surface area (TPSA) is 63.1 Å². The van der Waals surface area contributed by atoms with E-state index in [1.165, 1.54) is 0 Å². The van der Waals surface area contributed by atoms with Crippen molar-refractivity contribution in [3.05, 3.63) is 30.0 Å². The van der Waals surface area contributed by atoms with E-state index in [0.717, 1.165) is 65.8 Å². The summed E-state index contributed by atoms with van der Waals surface area (Å²) in [6.07, 6.45) is 2.64. The van der Waals surface area contributed by atoms with Gasteiger partial charge in [0.25, 0.3) is 0 Å². The zero-order chi connectivity index (χ0) is 17.4. The zero-order valence-electron chi connectivity index (χ0n) is 14.7. The van der Waals surface area contributed by atoms with E-state index >= 15 is 0 Å². The minimum Gasteiger partial charge on any atom is -0.384 e. The highest BCUT2D eigenvalue weighted by Crippen LogP contribution is 2.32. The maximum absolute atomic E-state index is 11.7. The van der Waals surface area contributed by atoms with Gasteiger partial charge in [0, 0.05) is 38.5 Å². The second-order valence-electron chi connectivity index (χ2n) is 6.68. The number of aromatic nitrogens is 3. The molecule has 1 saturated heterocycles. The minimum absolute atomic E-state index is 0.292. The molecular weight excluding hydrogens is 314 g/mol. The van der Waals surface area contributed by atoms with Crippen LogP contribution in [0.1, 0.15) is 25.0 Å². The minimum atomic E-state index is 0.292. The molecule has 3 aromatic rings. The maximum atomic E-state index is 11.7. The predicted octanol–water partition coefficient (Wildman–Crippen LogP) is 2.85. The molecule has 25 heavy (non-hydrogen) atoms. The fourth-order valence-electron chi connectivity index (χ4n) is 3.71. The summed E-state index contributed by atoms with van der Waals surface area (Å²) in [7, 11) is 1.93. The molecule has 6 heteroatoms. The van der Waals surface area contributed by atoms with Crippen LogP contribution in [-0.2, 0) is 11.8 Å². The highest BCUT2D eigenvalue weighted by Gasteiger charge is 2.19. The highest BCUT2D eigenvalue weighted by molar-refractivity contribution is 6.07. The standard InChI is InChI=1S/C19H23N5O/c1-13-17-18(20-10-6-12-24-11-5-9-16(24)25)14-7-3-4-8-15(14)21-19(17)23(2)22-13/h3-4,7-8H,5-6,9-12H2,1-2H3,(H,20,21). The normalized spacial score (nSPS) is 14.8. The lowest BCUT2D eigenvalue weighted by Gasteiger charge is -2.16. The van der Waals surface area contributed by atoms with Gasteiger partial charge in [0.05, 0.1) is 22.3 Å². The van der Waals surface area contributed by atoms with Crippen LogP contribution in [-0.4, -0.2) is 45.2 Å². The van der Waals surface area contributed by atoms with Gasteiger partial charge >= 0.3 is 0 Å². The maximum Gasteiger partial charge on any atom is 0.222 e. The van der Waals surface area contributed by atoms with Gasteiger partial charge in [-0.05, 0) is 25.8 Å². The second kappa shape index (κ2) is 6.35. The van der Waals surface area contributed by atoms with Crippen molar-refractivity contribution in [3.63, 3.8) is 0 Å². The number of pyridine rings is 1. The third-order valence-electron chi connectivity index (χ3n) is 4.92. The van der Waals surface area contributed by atoms with Gasteiger partial charge in [0.1, 0.15) is 0 Å². The lowest BCUT2D eigenvalue weighted by molar-refractivity contribution is -0.127. The van der Waals surface area contributed by atoms with Crippen molar-refractivity contribution < 1.29 is 4.79 Å². The number of aryl methyl sites for hydroxylation is 2. The first-order chi connectivity index (χ1) is 12.1. The molecule has 0 saturated carbocycles. The second-order valence-corrected chi connectivity index (χ2v) is 6.68. The third-order valence-corrected chi connectivity index (χ3v) is 4.92. The summed E-state index contributed by atoms with van der Waals surface area (Å²) < 4.78 is 1.84. The molecule has 1 N–H and O–H groups in total. The number of anilines is 1. The molecule has 0 radical (unpaired) electrons. The van der Waals surface area contributed by atoms with Gasteiger partial charge < -0.3 is 10.2 Å². The number of hydrogen-bond acceptors (Lipinski definition) is 4. The Kier molecular flexibility index (Phi) is 4.03. The molecule has 0 atom stereocenters. The highest BCUT2D eigenvalue weighted by atomic mass is 16.2. The van der Waals surface area contributed by atoms with Crippen molar-refractivity contribution in [1.29, 1.82) is 0 Å². The Morgan fingerprint density at radius 3 is 2.92 bits per heavy atom. The van der Waals surface area contributed by atoms with E-state index in [1.54, 1.807) is 0 Å². The summed E-state index contributed by atoms with van der Waals surface area (Å²) in [6.45, 7) is 4.57. The Hall–Kier alpha value is -2.63. The largest absolute Gasteiger partial charge is 0.384 e. The number of rotatable bonds is 5. The van der Waals surface area contributed by atoms with E-state index in [2.05, 4.69) is 16.5 Å². The van der Waals surface area contributed by atoms with Crippen molar-refractivity contribution in [2.24, 2.45) is 7.05 Å². The predicted molar refractivity (Wildman–Crippen MR) is 99.7 cm³/mol. The molecule has 130 valence electrons. The number of benzene rings is 1. The molecule has 1 aliphatic rings. The molecule has 6 nitrogen and oxygen atoms in total. The fourth-order valence-corrected chi connectivity index (χ4v) is 3.71. The van der Waals surface area contributed by atoms with Gasteiger partial charge in [-0.3, -0.25) is 9.48 Å². The van der Waals surface area contributed by atoms with Gasteiger partial charge in [-0.1, -0.05) is 18.2 Å². The first-order valence-electron chi connectivity index (χ1n) is 8.89. The third kappa shape index (κ3) is 2.81. The summed E-state index contributed by atoms with van der Waals surface area (Å²) in [5.74, 6) is 0.292. The Balaban J connectivity index is 1.61. The van der Waals surface area contributed by atoms with Crippen LogP contribution < -0.4 is 5.32 Å². The lowest BCUT2D eigenvalue weighted by Crippen LogP contribution is -2.27. The first-order valence-corrected chi connectivity index (χ1v) is 8.89. The Labute approximate surface area is 146 Å². The number of fused-ring (bicyclic) bond motifs is 2. The average molecular weight is 337 g/mol. The van der Waals surface area contributed by atoms with Crippen LogP contribution >= 0.6 is 0 Å². The van der Waals surface area contributed by atoms with Crippen LogP contribution in [0.5, 0.6) is 0 Å². The Bertz CT molecular complexity index is 946. The molecular formula is C19H23N5O. The quantitative estimate of drug-likeness (QED) is 0.727. The number of carbonyl (C=O) groups excluding carboxylic acids is 1. The number of likely N-dealkylation sites (tertiary alicyclic amines) is 1. The van der Waals surface area contributed by atoms with Gasteiger partial charge in [-0.25, -0.2) is 4.98 Å². The van der Waals surface area contributed by atoms with E-state index in [4.69, 9.17) is 4.98 Å². The van der Waals surface area contributed by atoms with Crippen LogP contribution in [0.15, 0.2) is 24.3 Å². The molecule has 2 aromatic heterocycles. The van der Waals surface area contributed by atoms with E-state index in [1.807, 2.05) is 41.8 Å². The first kappa shape index (κ1) is 15.9. The van der Waals surface area contributed by atoms with Gasteiger partial charge in [0.2, 0.25) is 5.91 Å². The zero-order valence-corrected chi connectivity index (χ0v) is 14.7. The van der Waals surface area contributed by atoms with E-state index < -0.39 is 0 Å². The molecule has 1 fully saturated rings. The van der Waals surface area contributed by atoms with E-state index in [-0.39, 0.29) is 0 Å². The van der Waals surface area contributed by atoms with Crippen LogP contribution in [0.25, 0.3) is 21.9 Å². The number of amides is 1. The molecule has 0 aliphatic carbocycles. The molecule has 3 heterocycles. The van der Waals surface area contributed by atoms with Crippen molar-refractivity contribution in [2.45, 2.75) is 26.2 Å². The molecule has 1 aromatic carbocycles. The van der Waals surface area contributed by atoms with E-state index in [0.29, 0.717) is 12.3 Å². The Morgan fingerprint density at radius 2 is 2.12 bits per heavy atom. The van der Waals surface area contributed by atoms with Crippen molar-refractivity contribution >= 4 is 33.5 Å². The number of carbonyl (C=O) groups is 1. The summed E-state index contributed by atoms with van der Waals surface area (Å²) in [4.78, 5) is 18.5. The number of nitrogens with one attached hydrogen (secondary N) is 1. The van der Waals surface area contributed by atoms with Crippen LogP contribution in [0, 0.1) is 6.92 Å². The molecule has 1 amide bonds. The number of para-hydroxylation sites is 1. The van der Waals surface area contributed by atoms with Crippen LogP contribution in [0.4, 0.5) is 5.69 Å². The Morgan fingerprint density at radius 1 is 1.28 bits per heavy atom. The van der Waals surface area contributed by atoms with Crippen LogP contribution in [0.3, 0.4) is 0 Å². The summed E-state index contributed by atoms with van der Waals surface area (Å²) in [5, 5.41) is 10.3. The van der Waals surface area contributed by atoms with Gasteiger partial charge in [0.15, 0.2) is 5.65 Å². The summed E-state index contributed by atoms with van der Waals surface area (Å²) in [5.41, 5.74) is 3.94. The SMILES string of the molecule is Cc1nn(C)c2nc3ccccc3c(NCCCN3CCCC3=O)c12. The van der Waals surface area contributed by atoms with Crippen LogP contribution in [0.2, 0.25) is 0 Å². The summed E-state index contributed by atoms with van der Waals surface area (Å²) in [6, 6.07) is 8.18. The van der Waals surface area contributed by atoms with E-state index in [9.17, 15) is 4.79 Å². The lowest BCUT2D eigenvalue weighted by atomic mass is 10.1. The fraction of sp³-hybridized carbons (Fsp3) is 0.421. The van der Waals surface area contributed by atoms with Crippen molar-refractivity contribution in [3.8, 4) is 0 Å². The number of nitrogens with zero attached hydrogens (tertiary/aromatic N) is 4. The molecule has 0 unspecified atom stereocenters. The summed E-state index contributed by atoms with van der Waals surface area (Å²) >= 11 is 0. The molecule has 0 spiro atoms.